The smallest absolute Gasteiger partial charge is 0.242 e. The molecule has 2 aromatic rings. The average Bonchev–Trinajstić information content (AvgIpc) is 2.64. The van der Waals surface area contributed by atoms with Gasteiger partial charge in [0.05, 0.1) is 6.42 Å². The lowest BCUT2D eigenvalue weighted by Crippen LogP contribution is -2.49. The van der Waals surface area contributed by atoms with Crippen LogP contribution in [0.5, 0.6) is 0 Å². The summed E-state index contributed by atoms with van der Waals surface area (Å²) in [5, 5.41) is 2.86. The molecule has 0 bridgehead atoms. The van der Waals surface area contributed by atoms with Crippen LogP contribution in [-0.4, -0.2) is 29.3 Å². The zero-order chi connectivity index (χ0) is 18.9. The number of nitrogens with zero attached hydrogens (tertiary/aromatic N) is 1. The molecule has 0 aliphatic heterocycles. The van der Waals surface area contributed by atoms with Crippen molar-refractivity contribution in [3.05, 3.63) is 71.3 Å². The first-order valence-corrected chi connectivity index (χ1v) is 9.22. The summed E-state index contributed by atoms with van der Waals surface area (Å²) in [6.07, 6.45) is 0.883. The Labute approximate surface area is 156 Å². The quantitative estimate of drug-likeness (QED) is 0.791. The average molecular weight is 352 g/mol. The van der Waals surface area contributed by atoms with E-state index in [9.17, 15) is 9.59 Å². The molecule has 1 N–H and O–H groups in total. The topological polar surface area (TPSA) is 49.4 Å². The van der Waals surface area contributed by atoms with Gasteiger partial charge in [-0.15, -0.1) is 0 Å². The monoisotopic (exact) mass is 352 g/mol. The maximum Gasteiger partial charge on any atom is 0.242 e. The molecule has 4 heteroatoms. The van der Waals surface area contributed by atoms with E-state index >= 15 is 0 Å². The highest BCUT2D eigenvalue weighted by molar-refractivity contribution is 5.88. The molecule has 0 spiro atoms. The number of aryl methyl sites for hydroxylation is 1. The van der Waals surface area contributed by atoms with Crippen molar-refractivity contribution in [3.8, 4) is 0 Å². The van der Waals surface area contributed by atoms with E-state index in [1.54, 1.807) is 4.90 Å². The number of rotatable bonds is 8. The number of nitrogens with one attached hydrogen (secondary N) is 1. The Morgan fingerprint density at radius 1 is 1.00 bits per heavy atom. The Hall–Kier alpha value is -2.62. The summed E-state index contributed by atoms with van der Waals surface area (Å²) in [7, 11) is 0. The van der Waals surface area contributed by atoms with Gasteiger partial charge in [0, 0.05) is 13.1 Å². The molecule has 0 heterocycles. The standard InChI is InChI=1S/C22H28N2O2/c1-4-20(22(26)23-5-2)24(16-18-12-7-6-8-13-18)21(25)15-19-14-10-9-11-17(19)3/h6-14,20H,4-5,15-16H2,1-3H3,(H,23,26). The maximum atomic E-state index is 13.1. The fraction of sp³-hybridized carbons (Fsp3) is 0.364. The van der Waals surface area contributed by atoms with Crippen molar-refractivity contribution in [2.24, 2.45) is 0 Å². The van der Waals surface area contributed by atoms with E-state index in [1.807, 2.05) is 75.4 Å². The minimum Gasteiger partial charge on any atom is -0.355 e. The third-order valence-electron chi connectivity index (χ3n) is 4.54. The minimum atomic E-state index is -0.466. The van der Waals surface area contributed by atoms with Crippen LogP contribution in [0.25, 0.3) is 0 Å². The van der Waals surface area contributed by atoms with Crippen LogP contribution in [0.2, 0.25) is 0 Å². The predicted molar refractivity (Wildman–Crippen MR) is 105 cm³/mol. The van der Waals surface area contributed by atoms with Crippen molar-refractivity contribution >= 4 is 11.8 Å². The Morgan fingerprint density at radius 3 is 2.27 bits per heavy atom. The number of benzene rings is 2. The van der Waals surface area contributed by atoms with Gasteiger partial charge in [-0.05, 0) is 37.0 Å². The zero-order valence-corrected chi connectivity index (χ0v) is 15.9. The highest BCUT2D eigenvalue weighted by Crippen LogP contribution is 2.16. The van der Waals surface area contributed by atoms with Gasteiger partial charge in [-0.25, -0.2) is 0 Å². The van der Waals surface area contributed by atoms with Gasteiger partial charge in [0.15, 0.2) is 0 Å². The number of amides is 2. The molecule has 0 aliphatic rings. The zero-order valence-electron chi connectivity index (χ0n) is 15.9. The lowest BCUT2D eigenvalue weighted by atomic mass is 10.0. The fourth-order valence-electron chi connectivity index (χ4n) is 3.06. The van der Waals surface area contributed by atoms with E-state index in [2.05, 4.69) is 5.32 Å². The number of carbonyl (C=O) groups excluding carboxylic acids is 2. The summed E-state index contributed by atoms with van der Waals surface area (Å²) in [4.78, 5) is 27.4. The molecule has 1 atom stereocenters. The third kappa shape index (κ3) is 5.19. The summed E-state index contributed by atoms with van der Waals surface area (Å²) >= 11 is 0. The van der Waals surface area contributed by atoms with Crippen LogP contribution in [0.4, 0.5) is 0 Å². The fourth-order valence-corrected chi connectivity index (χ4v) is 3.06. The maximum absolute atomic E-state index is 13.1. The van der Waals surface area contributed by atoms with Crippen molar-refractivity contribution < 1.29 is 9.59 Å². The van der Waals surface area contributed by atoms with E-state index in [-0.39, 0.29) is 11.8 Å². The van der Waals surface area contributed by atoms with Gasteiger partial charge in [0.2, 0.25) is 11.8 Å². The SMILES string of the molecule is CCNC(=O)C(CC)N(Cc1ccccc1)C(=O)Cc1ccccc1C. The molecule has 0 fully saturated rings. The second-order valence-electron chi connectivity index (χ2n) is 6.43. The van der Waals surface area contributed by atoms with Crippen LogP contribution in [0, 0.1) is 6.92 Å². The minimum absolute atomic E-state index is 0.0266. The summed E-state index contributed by atoms with van der Waals surface area (Å²) in [5.41, 5.74) is 3.11. The molecule has 0 aliphatic carbocycles. The molecule has 0 saturated carbocycles. The van der Waals surface area contributed by atoms with Crippen LogP contribution in [0.1, 0.15) is 37.0 Å². The molecule has 4 nitrogen and oxygen atoms in total. The Kier molecular flexibility index (Phi) is 7.39. The van der Waals surface area contributed by atoms with Gasteiger partial charge in [-0.3, -0.25) is 9.59 Å². The van der Waals surface area contributed by atoms with Gasteiger partial charge in [-0.1, -0.05) is 61.5 Å². The predicted octanol–water partition coefficient (Wildman–Crippen LogP) is 3.48. The van der Waals surface area contributed by atoms with E-state index in [1.165, 1.54) is 0 Å². The highest BCUT2D eigenvalue weighted by atomic mass is 16.2. The molecule has 1 unspecified atom stereocenters. The molecule has 2 aromatic carbocycles. The highest BCUT2D eigenvalue weighted by Gasteiger charge is 2.28. The van der Waals surface area contributed by atoms with Crippen molar-refractivity contribution in [1.29, 1.82) is 0 Å². The second kappa shape index (κ2) is 9.76. The van der Waals surface area contributed by atoms with Crippen LogP contribution < -0.4 is 5.32 Å². The lowest BCUT2D eigenvalue weighted by molar-refractivity contribution is -0.140. The second-order valence-corrected chi connectivity index (χ2v) is 6.43. The molecule has 0 saturated heterocycles. The Bertz CT molecular complexity index is 728. The number of carbonyl (C=O) groups is 2. The summed E-state index contributed by atoms with van der Waals surface area (Å²) in [6, 6.07) is 17.2. The first kappa shape index (κ1) is 19.7. The Morgan fingerprint density at radius 2 is 1.65 bits per heavy atom. The van der Waals surface area contributed by atoms with Gasteiger partial charge in [0.25, 0.3) is 0 Å². The van der Waals surface area contributed by atoms with Crippen LogP contribution in [-0.2, 0) is 22.6 Å². The first-order valence-electron chi connectivity index (χ1n) is 9.22. The third-order valence-corrected chi connectivity index (χ3v) is 4.54. The number of likely N-dealkylation sites (N-methyl/N-ethyl adjacent to an activating group) is 1. The molecular weight excluding hydrogens is 324 g/mol. The van der Waals surface area contributed by atoms with Crippen LogP contribution in [0.3, 0.4) is 0 Å². The molecule has 2 rings (SSSR count). The first-order chi connectivity index (χ1) is 12.6. The molecule has 2 amide bonds. The number of hydrogen-bond acceptors (Lipinski definition) is 2. The van der Waals surface area contributed by atoms with Crippen LogP contribution >= 0.6 is 0 Å². The number of hydrogen-bond donors (Lipinski definition) is 1. The summed E-state index contributed by atoms with van der Waals surface area (Å²) in [6.45, 7) is 6.83. The van der Waals surface area contributed by atoms with Crippen molar-refractivity contribution in [1.82, 2.24) is 10.2 Å². The van der Waals surface area contributed by atoms with Gasteiger partial charge >= 0.3 is 0 Å². The lowest BCUT2D eigenvalue weighted by Gasteiger charge is -2.31. The Balaban J connectivity index is 2.27. The van der Waals surface area contributed by atoms with Gasteiger partial charge in [0.1, 0.15) is 6.04 Å². The molecular formula is C22H28N2O2. The molecule has 0 aromatic heterocycles. The van der Waals surface area contributed by atoms with E-state index in [0.717, 1.165) is 16.7 Å². The molecule has 26 heavy (non-hydrogen) atoms. The normalized spacial score (nSPS) is 11.7. The van der Waals surface area contributed by atoms with Crippen LogP contribution in [0.15, 0.2) is 54.6 Å². The largest absolute Gasteiger partial charge is 0.355 e. The van der Waals surface area contributed by atoms with E-state index < -0.39 is 6.04 Å². The van der Waals surface area contributed by atoms with Crippen molar-refractivity contribution in [2.75, 3.05) is 6.54 Å². The summed E-state index contributed by atoms with van der Waals surface area (Å²) < 4.78 is 0. The van der Waals surface area contributed by atoms with Crippen molar-refractivity contribution in [2.45, 2.75) is 46.2 Å². The van der Waals surface area contributed by atoms with Gasteiger partial charge < -0.3 is 10.2 Å². The molecule has 138 valence electrons. The van der Waals surface area contributed by atoms with Gasteiger partial charge in [-0.2, -0.15) is 0 Å². The van der Waals surface area contributed by atoms with E-state index in [4.69, 9.17) is 0 Å². The summed E-state index contributed by atoms with van der Waals surface area (Å²) in [5.74, 6) is -0.120. The van der Waals surface area contributed by atoms with E-state index in [0.29, 0.717) is 25.9 Å². The van der Waals surface area contributed by atoms with Crippen molar-refractivity contribution in [3.63, 3.8) is 0 Å². The molecule has 0 radical (unpaired) electrons.